The van der Waals surface area contributed by atoms with Gasteiger partial charge < -0.3 is 15.0 Å². The summed E-state index contributed by atoms with van der Waals surface area (Å²) in [6.45, 7) is 13.5. The lowest BCUT2D eigenvalue weighted by Gasteiger charge is -1.98. The third-order valence-corrected chi connectivity index (χ3v) is 8.80. The molecule has 1 aliphatic heterocycles. The Morgan fingerprint density at radius 2 is 0.975 bits per heavy atom. The number of fused-ring (bicyclic) bond motifs is 8. The molecule has 0 fully saturated rings. The van der Waals surface area contributed by atoms with Gasteiger partial charge in [0, 0.05) is 32.8 Å². The lowest BCUT2D eigenvalue weighted by atomic mass is 10.0. The van der Waals surface area contributed by atoms with Crippen LogP contribution >= 0.6 is 0 Å². The Morgan fingerprint density at radius 1 is 0.500 bits per heavy atom. The standard InChI is InChI=1S/C37H39N3/c1-7-29-22(4)32-16-14-27-18-25-12-10-11-13-26(25)19-28(27)15-17-33-23(5)30(8-2)36(39-33)21-37-31(9-3)24(6)34(40-37)20-35(29)38-32/h10-21,38-40H,7-9H2,1-6H3/b16-14?,17-15?,27-14-,28-15-,32-16-,33-17-,34-20?,35-20-,36-21-,37-21?. The van der Waals surface area contributed by atoms with E-state index in [2.05, 4.69) is 129 Å². The maximum absolute atomic E-state index is 3.78. The minimum absolute atomic E-state index is 0.982. The van der Waals surface area contributed by atoms with Crippen LogP contribution in [-0.4, -0.2) is 15.0 Å². The molecule has 0 saturated carbocycles. The minimum atomic E-state index is 0.982. The van der Waals surface area contributed by atoms with Gasteiger partial charge in [-0.15, -0.1) is 0 Å². The summed E-state index contributed by atoms with van der Waals surface area (Å²) in [6, 6.07) is 13.2. The highest BCUT2D eigenvalue weighted by Gasteiger charge is 2.12. The van der Waals surface area contributed by atoms with Crippen molar-refractivity contribution in [1.82, 2.24) is 15.0 Å². The molecule has 0 aliphatic carbocycles. The van der Waals surface area contributed by atoms with Crippen LogP contribution in [0.2, 0.25) is 0 Å². The van der Waals surface area contributed by atoms with E-state index < -0.39 is 0 Å². The molecule has 0 spiro atoms. The monoisotopic (exact) mass is 525 g/mol. The van der Waals surface area contributed by atoms with Crippen LogP contribution in [0.4, 0.5) is 0 Å². The van der Waals surface area contributed by atoms with Crippen molar-refractivity contribution in [2.24, 2.45) is 0 Å². The van der Waals surface area contributed by atoms with E-state index in [0.29, 0.717) is 0 Å². The highest BCUT2D eigenvalue weighted by Crippen LogP contribution is 2.21. The zero-order chi connectivity index (χ0) is 28.0. The second-order valence-electron chi connectivity index (χ2n) is 11.0. The molecule has 0 amide bonds. The molecule has 6 rings (SSSR count). The third kappa shape index (κ3) is 4.40. The smallest absolute Gasteiger partial charge is 0.0441 e. The second kappa shape index (κ2) is 10.4. The Hall–Kier alpha value is -4.24. The molecule has 202 valence electrons. The summed E-state index contributed by atoms with van der Waals surface area (Å²) in [4.78, 5) is 11.3. The Labute approximate surface area is 235 Å². The Balaban J connectivity index is 1.78. The number of benzene rings is 2. The van der Waals surface area contributed by atoms with Gasteiger partial charge in [-0.3, -0.25) is 0 Å². The number of nitrogens with one attached hydrogen (secondary N) is 3. The van der Waals surface area contributed by atoms with Gasteiger partial charge in [0.2, 0.25) is 0 Å². The van der Waals surface area contributed by atoms with Crippen LogP contribution < -0.4 is 31.8 Å². The first-order valence-electron chi connectivity index (χ1n) is 14.6. The average Bonchev–Trinajstić information content (AvgIpc) is 3.54. The third-order valence-electron chi connectivity index (χ3n) is 8.80. The van der Waals surface area contributed by atoms with Gasteiger partial charge in [0.25, 0.3) is 0 Å². The first-order valence-corrected chi connectivity index (χ1v) is 14.6. The Bertz CT molecular complexity index is 2140. The molecular weight excluding hydrogens is 486 g/mol. The molecule has 4 heterocycles. The molecular formula is C37H39N3. The van der Waals surface area contributed by atoms with Crippen molar-refractivity contribution in [2.45, 2.75) is 60.8 Å². The van der Waals surface area contributed by atoms with Gasteiger partial charge in [-0.05, 0) is 131 Å². The fraction of sp³-hybridized carbons (Fsp3) is 0.243. The van der Waals surface area contributed by atoms with Gasteiger partial charge in [-0.1, -0.05) is 57.2 Å². The van der Waals surface area contributed by atoms with Crippen LogP contribution in [0, 0.1) is 20.8 Å². The average molecular weight is 526 g/mol. The van der Waals surface area contributed by atoms with Crippen molar-refractivity contribution >= 4 is 47.2 Å². The molecule has 0 atom stereocenters. The van der Waals surface area contributed by atoms with Gasteiger partial charge in [0.05, 0.1) is 0 Å². The molecule has 0 unspecified atom stereocenters. The van der Waals surface area contributed by atoms with Gasteiger partial charge >= 0.3 is 0 Å². The quantitative estimate of drug-likeness (QED) is 0.320. The van der Waals surface area contributed by atoms with Crippen LogP contribution in [0.25, 0.3) is 47.2 Å². The number of hydrogen-bond donors (Lipinski definition) is 3. The highest BCUT2D eigenvalue weighted by molar-refractivity contribution is 5.84. The topological polar surface area (TPSA) is 47.4 Å². The fourth-order valence-electron chi connectivity index (χ4n) is 6.45. The number of aromatic nitrogens is 3. The molecule has 2 aromatic carbocycles. The fourth-order valence-corrected chi connectivity index (χ4v) is 6.45. The zero-order valence-corrected chi connectivity index (χ0v) is 24.5. The molecule has 0 saturated heterocycles. The predicted octanol–water partition coefficient (Wildman–Crippen LogP) is 3.93. The molecule has 1 aliphatic rings. The van der Waals surface area contributed by atoms with Crippen molar-refractivity contribution in [3.8, 4) is 0 Å². The predicted molar refractivity (Wildman–Crippen MR) is 171 cm³/mol. The van der Waals surface area contributed by atoms with Gasteiger partial charge in [0.1, 0.15) is 0 Å². The van der Waals surface area contributed by atoms with Crippen LogP contribution in [0.5, 0.6) is 0 Å². The first kappa shape index (κ1) is 26.0. The number of H-pyrrole nitrogens is 3. The van der Waals surface area contributed by atoms with Crippen molar-refractivity contribution in [3.05, 3.63) is 113 Å². The van der Waals surface area contributed by atoms with E-state index in [9.17, 15) is 0 Å². The SMILES string of the molecule is CCc1c2[nH]c(c1C)/C=c1\[nH]\c(c(C)c1CC)=C/C=c1/cc3ccccc3c/c1=C/C=c1\[nH]/c(c(CC)c1C)=C\2. The van der Waals surface area contributed by atoms with Crippen LogP contribution in [0.3, 0.4) is 0 Å². The van der Waals surface area contributed by atoms with Gasteiger partial charge in [0.15, 0.2) is 0 Å². The summed E-state index contributed by atoms with van der Waals surface area (Å²) in [5.74, 6) is 0. The minimum Gasteiger partial charge on any atom is -0.355 e. The van der Waals surface area contributed by atoms with Crippen molar-refractivity contribution in [1.29, 1.82) is 0 Å². The molecule has 3 nitrogen and oxygen atoms in total. The number of aromatic amines is 3. The maximum atomic E-state index is 3.78. The van der Waals surface area contributed by atoms with Crippen LogP contribution in [-0.2, 0) is 19.3 Å². The molecule has 0 radical (unpaired) electrons. The summed E-state index contributed by atoms with van der Waals surface area (Å²) in [5, 5.41) is 9.64. The summed E-state index contributed by atoms with van der Waals surface area (Å²) in [6.07, 6.45) is 16.6. The highest BCUT2D eigenvalue weighted by atomic mass is 14.8. The van der Waals surface area contributed by atoms with Gasteiger partial charge in [-0.2, -0.15) is 0 Å². The van der Waals surface area contributed by atoms with E-state index in [4.69, 9.17) is 0 Å². The molecule has 3 N–H and O–H groups in total. The van der Waals surface area contributed by atoms with E-state index in [0.717, 1.165) is 19.3 Å². The number of rotatable bonds is 3. The van der Waals surface area contributed by atoms with Crippen molar-refractivity contribution in [3.63, 3.8) is 0 Å². The van der Waals surface area contributed by atoms with Crippen LogP contribution in [0.15, 0.2) is 36.4 Å². The molecule has 3 aromatic heterocycles. The summed E-state index contributed by atoms with van der Waals surface area (Å²) >= 11 is 0. The normalized spacial score (nSPS) is 17.9. The molecule has 5 aromatic rings. The Morgan fingerprint density at radius 3 is 1.45 bits per heavy atom. The molecule has 6 bridgehead atoms. The first-order chi connectivity index (χ1) is 19.4. The summed E-state index contributed by atoms with van der Waals surface area (Å²) < 4.78 is 0. The van der Waals surface area contributed by atoms with E-state index in [1.807, 2.05) is 0 Å². The van der Waals surface area contributed by atoms with E-state index in [1.54, 1.807) is 0 Å². The van der Waals surface area contributed by atoms with E-state index >= 15 is 0 Å². The summed E-state index contributed by atoms with van der Waals surface area (Å²) in [5.41, 5.74) is 10.4. The van der Waals surface area contributed by atoms with E-state index in [1.165, 1.54) is 87.4 Å². The second-order valence-corrected chi connectivity index (χ2v) is 11.0. The summed E-state index contributed by atoms with van der Waals surface area (Å²) in [7, 11) is 0. The van der Waals surface area contributed by atoms with Crippen LogP contribution in [0.1, 0.15) is 65.5 Å². The lowest BCUT2D eigenvalue weighted by molar-refractivity contribution is 1.09. The molecule has 40 heavy (non-hydrogen) atoms. The molecule has 3 heteroatoms. The van der Waals surface area contributed by atoms with Crippen molar-refractivity contribution in [2.75, 3.05) is 0 Å². The largest absolute Gasteiger partial charge is 0.355 e. The zero-order valence-electron chi connectivity index (χ0n) is 24.5. The van der Waals surface area contributed by atoms with Gasteiger partial charge in [-0.25, -0.2) is 0 Å². The maximum Gasteiger partial charge on any atom is 0.0441 e. The lowest BCUT2D eigenvalue weighted by Crippen LogP contribution is -2.24. The van der Waals surface area contributed by atoms with Crippen molar-refractivity contribution < 1.29 is 0 Å². The number of hydrogen-bond acceptors (Lipinski definition) is 0. The Kier molecular flexibility index (Phi) is 6.75. The van der Waals surface area contributed by atoms with E-state index in [-0.39, 0.29) is 0 Å².